The fourth-order valence-corrected chi connectivity index (χ4v) is 3.98. The molecular weight excluding hydrogens is 340 g/mol. The number of carbonyl (C=O) groups excluding carboxylic acids is 2. The van der Waals surface area contributed by atoms with Gasteiger partial charge in [-0.2, -0.15) is 0 Å². The molecule has 0 aliphatic carbocycles. The largest absolute Gasteiger partial charge is 0.448 e. The van der Waals surface area contributed by atoms with Gasteiger partial charge in [0.05, 0.1) is 11.6 Å². The predicted octanol–water partition coefficient (Wildman–Crippen LogP) is 2.72. The molecule has 2 aromatic carbocycles. The molecule has 0 saturated carbocycles. The number of fused-ring (bicyclic) bond motifs is 1. The van der Waals surface area contributed by atoms with Gasteiger partial charge in [-0.25, -0.2) is 4.79 Å². The molecule has 0 radical (unpaired) electrons. The lowest BCUT2D eigenvalue weighted by molar-refractivity contribution is -0.130. The number of benzene rings is 2. The molecule has 2 atom stereocenters. The summed E-state index contributed by atoms with van der Waals surface area (Å²) in [4.78, 5) is 27.3. The van der Waals surface area contributed by atoms with Crippen LogP contribution >= 0.6 is 0 Å². The fourth-order valence-electron chi connectivity index (χ4n) is 3.98. The Labute approximate surface area is 159 Å². The van der Waals surface area contributed by atoms with Crippen molar-refractivity contribution < 1.29 is 14.3 Å². The highest BCUT2D eigenvalue weighted by Crippen LogP contribution is 2.25. The Kier molecular flexibility index (Phi) is 5.21. The van der Waals surface area contributed by atoms with E-state index in [-0.39, 0.29) is 11.9 Å². The highest BCUT2D eigenvalue weighted by molar-refractivity contribution is 5.95. The minimum atomic E-state index is -0.762. The molecule has 0 bridgehead atoms. The van der Waals surface area contributed by atoms with Crippen LogP contribution in [0.25, 0.3) is 0 Å². The molecule has 27 heavy (non-hydrogen) atoms. The molecule has 1 fully saturated rings. The molecule has 2 aliphatic rings. The van der Waals surface area contributed by atoms with Gasteiger partial charge in [0.25, 0.3) is 5.91 Å². The Bertz CT molecular complexity index is 815. The highest BCUT2D eigenvalue weighted by Gasteiger charge is 2.32. The van der Waals surface area contributed by atoms with Gasteiger partial charge in [-0.3, -0.25) is 9.69 Å². The van der Waals surface area contributed by atoms with E-state index in [1.54, 1.807) is 12.1 Å². The van der Waals surface area contributed by atoms with Crippen LogP contribution in [-0.2, 0) is 16.0 Å². The minimum Gasteiger partial charge on any atom is -0.448 e. The lowest BCUT2D eigenvalue weighted by Gasteiger charge is -2.29. The summed E-state index contributed by atoms with van der Waals surface area (Å²) < 4.78 is 5.37. The summed E-state index contributed by atoms with van der Waals surface area (Å²) in [6.07, 6.45) is 2.04. The van der Waals surface area contributed by atoms with Gasteiger partial charge in [-0.1, -0.05) is 48.5 Å². The third-order valence-corrected chi connectivity index (χ3v) is 5.42. The van der Waals surface area contributed by atoms with Gasteiger partial charge in [0.15, 0.2) is 6.10 Å². The first-order chi connectivity index (χ1) is 13.2. The van der Waals surface area contributed by atoms with E-state index in [1.165, 1.54) is 18.4 Å². The van der Waals surface area contributed by atoms with Crippen molar-refractivity contribution in [1.29, 1.82) is 0 Å². The predicted molar refractivity (Wildman–Crippen MR) is 102 cm³/mol. The molecule has 2 aromatic rings. The van der Waals surface area contributed by atoms with Crippen molar-refractivity contribution in [3.05, 3.63) is 71.3 Å². The average Bonchev–Trinajstić information content (AvgIpc) is 3.23. The Morgan fingerprint density at radius 2 is 1.78 bits per heavy atom. The first-order valence-corrected chi connectivity index (χ1v) is 9.58. The van der Waals surface area contributed by atoms with Gasteiger partial charge in [0.1, 0.15) is 0 Å². The van der Waals surface area contributed by atoms with Crippen LogP contribution in [0.3, 0.4) is 0 Å². The van der Waals surface area contributed by atoms with Crippen LogP contribution in [0, 0.1) is 0 Å². The topological polar surface area (TPSA) is 58.6 Å². The molecular formula is C22H24N2O3. The second kappa shape index (κ2) is 7.92. The lowest BCUT2D eigenvalue weighted by Crippen LogP contribution is -2.45. The standard InChI is InChI=1S/C22H24N2O3/c25-21(20-14-17-10-4-5-11-18(17)22(26)27-20)23-15-19(24-12-6-7-13-24)16-8-2-1-3-9-16/h1-5,8-11,19-20H,6-7,12-15H2,(H,23,25). The number of esters is 1. The number of ether oxygens (including phenoxy) is 1. The van der Waals surface area contributed by atoms with Gasteiger partial charge in [0, 0.05) is 13.0 Å². The maximum atomic E-state index is 12.7. The molecule has 1 amide bonds. The number of rotatable bonds is 5. The van der Waals surface area contributed by atoms with Crippen LogP contribution in [0.2, 0.25) is 0 Å². The Morgan fingerprint density at radius 1 is 1.07 bits per heavy atom. The van der Waals surface area contributed by atoms with E-state index < -0.39 is 12.1 Å². The number of likely N-dealkylation sites (tertiary alicyclic amines) is 1. The van der Waals surface area contributed by atoms with Crippen LogP contribution in [0.1, 0.15) is 40.4 Å². The van der Waals surface area contributed by atoms with Gasteiger partial charge < -0.3 is 10.1 Å². The smallest absolute Gasteiger partial charge is 0.339 e. The molecule has 0 aromatic heterocycles. The van der Waals surface area contributed by atoms with Gasteiger partial charge in [-0.15, -0.1) is 0 Å². The average molecular weight is 364 g/mol. The summed E-state index contributed by atoms with van der Waals surface area (Å²) in [5.74, 6) is -0.644. The summed E-state index contributed by atoms with van der Waals surface area (Å²) in [7, 11) is 0. The van der Waals surface area contributed by atoms with E-state index in [0.29, 0.717) is 18.5 Å². The third kappa shape index (κ3) is 3.88. The van der Waals surface area contributed by atoms with Crippen molar-refractivity contribution in [3.63, 3.8) is 0 Å². The molecule has 1 saturated heterocycles. The number of carbonyl (C=O) groups is 2. The number of nitrogens with zero attached hydrogens (tertiary/aromatic N) is 1. The molecule has 140 valence electrons. The van der Waals surface area contributed by atoms with Crippen LogP contribution in [0.15, 0.2) is 54.6 Å². The zero-order chi connectivity index (χ0) is 18.6. The zero-order valence-corrected chi connectivity index (χ0v) is 15.3. The Balaban J connectivity index is 1.43. The molecule has 2 aliphatic heterocycles. The van der Waals surface area contributed by atoms with Crippen molar-refractivity contribution in [2.45, 2.75) is 31.4 Å². The first-order valence-electron chi connectivity index (χ1n) is 9.58. The van der Waals surface area contributed by atoms with E-state index in [2.05, 4.69) is 22.3 Å². The monoisotopic (exact) mass is 364 g/mol. The molecule has 2 unspecified atom stereocenters. The summed E-state index contributed by atoms with van der Waals surface area (Å²) in [5.41, 5.74) is 2.62. The van der Waals surface area contributed by atoms with Crippen molar-refractivity contribution in [3.8, 4) is 0 Å². The first kappa shape index (κ1) is 17.7. The van der Waals surface area contributed by atoms with Crippen molar-refractivity contribution in [1.82, 2.24) is 10.2 Å². The van der Waals surface area contributed by atoms with E-state index in [9.17, 15) is 9.59 Å². The maximum absolute atomic E-state index is 12.7. The number of amides is 1. The molecule has 0 spiro atoms. The van der Waals surface area contributed by atoms with Crippen LogP contribution < -0.4 is 5.32 Å². The molecule has 1 N–H and O–H groups in total. The highest BCUT2D eigenvalue weighted by atomic mass is 16.5. The van der Waals surface area contributed by atoms with Crippen molar-refractivity contribution >= 4 is 11.9 Å². The van der Waals surface area contributed by atoms with E-state index >= 15 is 0 Å². The number of hydrogen-bond acceptors (Lipinski definition) is 4. The summed E-state index contributed by atoms with van der Waals surface area (Å²) >= 11 is 0. The number of hydrogen-bond donors (Lipinski definition) is 1. The quantitative estimate of drug-likeness (QED) is 0.829. The minimum absolute atomic E-state index is 0.143. The molecule has 5 nitrogen and oxygen atoms in total. The molecule has 2 heterocycles. The summed E-state index contributed by atoms with van der Waals surface area (Å²) in [5, 5.41) is 3.02. The van der Waals surface area contributed by atoms with E-state index in [4.69, 9.17) is 4.74 Å². The van der Waals surface area contributed by atoms with Crippen LogP contribution in [0.4, 0.5) is 0 Å². The normalized spacial score (nSPS) is 20.6. The Hall–Kier alpha value is -2.66. The molecule has 4 rings (SSSR count). The van der Waals surface area contributed by atoms with Crippen molar-refractivity contribution in [2.24, 2.45) is 0 Å². The SMILES string of the molecule is O=C1OC(C(=O)NCC(c2ccccc2)N2CCCC2)Cc2ccccc21. The third-order valence-electron chi connectivity index (χ3n) is 5.42. The van der Waals surface area contributed by atoms with Gasteiger partial charge in [0.2, 0.25) is 0 Å². The maximum Gasteiger partial charge on any atom is 0.339 e. The lowest BCUT2D eigenvalue weighted by atomic mass is 9.98. The Morgan fingerprint density at radius 3 is 2.56 bits per heavy atom. The van der Waals surface area contributed by atoms with E-state index in [1.807, 2.05) is 30.3 Å². The van der Waals surface area contributed by atoms with Crippen molar-refractivity contribution in [2.75, 3.05) is 19.6 Å². The fraction of sp³-hybridized carbons (Fsp3) is 0.364. The van der Waals surface area contributed by atoms with Crippen LogP contribution in [0.5, 0.6) is 0 Å². The number of cyclic esters (lactones) is 1. The summed E-state index contributed by atoms with van der Waals surface area (Å²) in [6, 6.07) is 17.7. The molecule has 5 heteroatoms. The van der Waals surface area contributed by atoms with E-state index in [0.717, 1.165) is 18.7 Å². The number of nitrogens with one attached hydrogen (secondary N) is 1. The second-order valence-corrected chi connectivity index (χ2v) is 7.17. The summed E-state index contributed by atoms with van der Waals surface area (Å²) in [6.45, 7) is 2.60. The van der Waals surface area contributed by atoms with Gasteiger partial charge >= 0.3 is 5.97 Å². The van der Waals surface area contributed by atoms with Gasteiger partial charge in [-0.05, 0) is 43.1 Å². The van der Waals surface area contributed by atoms with Crippen LogP contribution in [-0.4, -0.2) is 42.5 Å². The second-order valence-electron chi connectivity index (χ2n) is 7.17. The zero-order valence-electron chi connectivity index (χ0n) is 15.3.